The van der Waals surface area contributed by atoms with E-state index in [1.165, 1.54) is 11.9 Å². The Hall–Kier alpha value is -2.67. The highest BCUT2D eigenvalue weighted by Gasteiger charge is 2.24. The zero-order valence-corrected chi connectivity index (χ0v) is 15.9. The molecule has 2 aromatic rings. The van der Waals surface area contributed by atoms with Crippen molar-refractivity contribution in [2.24, 2.45) is 0 Å². The summed E-state index contributed by atoms with van der Waals surface area (Å²) in [4.78, 5) is 35.8. The number of hydrogen-bond acceptors (Lipinski definition) is 5. The smallest absolute Gasteiger partial charge is 0.272 e. The molecule has 27 heavy (non-hydrogen) atoms. The predicted octanol–water partition coefficient (Wildman–Crippen LogP) is 2.09. The largest absolute Gasteiger partial charge is 0.370 e. The van der Waals surface area contributed by atoms with Gasteiger partial charge in [0.05, 0.1) is 0 Å². The first-order valence-corrected chi connectivity index (χ1v) is 9.26. The Bertz CT molecular complexity index is 804. The molecule has 0 radical (unpaired) electrons. The van der Waals surface area contributed by atoms with Crippen molar-refractivity contribution in [1.82, 2.24) is 19.8 Å². The Morgan fingerprint density at radius 2 is 1.74 bits per heavy atom. The molecular formula is C19H22ClN5O2. The number of carbonyl (C=O) groups excluding carboxylic acids is 2. The van der Waals surface area contributed by atoms with Crippen molar-refractivity contribution in [1.29, 1.82) is 0 Å². The summed E-state index contributed by atoms with van der Waals surface area (Å²) < 4.78 is 0. The average Bonchev–Trinajstić information content (AvgIpc) is 2.69. The van der Waals surface area contributed by atoms with Crippen LogP contribution in [-0.4, -0.2) is 64.3 Å². The van der Waals surface area contributed by atoms with Crippen LogP contribution in [0.1, 0.15) is 23.0 Å². The number of anilines is 1. The Morgan fingerprint density at radius 3 is 2.41 bits per heavy atom. The normalized spacial score (nSPS) is 14.1. The number of nitrogens with zero attached hydrogens (tertiary/aromatic N) is 4. The Kier molecular flexibility index (Phi) is 6.24. The molecule has 142 valence electrons. The SMILES string of the molecule is CC(=O)N1CCN(C(=O)c2cc(NCCc3ccc(Cl)cc3)ncn2)CC1. The molecule has 8 heteroatoms. The van der Waals surface area contributed by atoms with E-state index in [9.17, 15) is 9.59 Å². The van der Waals surface area contributed by atoms with E-state index in [0.717, 1.165) is 11.4 Å². The topological polar surface area (TPSA) is 78.4 Å². The minimum absolute atomic E-state index is 0.0382. The number of hydrogen-bond donors (Lipinski definition) is 1. The van der Waals surface area contributed by atoms with Crippen molar-refractivity contribution in [2.45, 2.75) is 13.3 Å². The van der Waals surface area contributed by atoms with Gasteiger partial charge in [-0.05, 0) is 24.1 Å². The maximum atomic E-state index is 12.6. The fourth-order valence-corrected chi connectivity index (χ4v) is 3.07. The van der Waals surface area contributed by atoms with Gasteiger partial charge in [-0.15, -0.1) is 0 Å². The number of halogens is 1. The van der Waals surface area contributed by atoms with Gasteiger partial charge in [0, 0.05) is 50.7 Å². The van der Waals surface area contributed by atoms with E-state index in [1.54, 1.807) is 22.8 Å². The van der Waals surface area contributed by atoms with Crippen molar-refractivity contribution < 1.29 is 9.59 Å². The van der Waals surface area contributed by atoms with Crippen molar-refractivity contribution >= 4 is 29.2 Å². The van der Waals surface area contributed by atoms with Crippen LogP contribution in [-0.2, 0) is 11.2 Å². The molecule has 1 aromatic heterocycles. The Morgan fingerprint density at radius 1 is 1.07 bits per heavy atom. The number of benzene rings is 1. The fourth-order valence-electron chi connectivity index (χ4n) is 2.94. The van der Waals surface area contributed by atoms with Gasteiger partial charge in [0.2, 0.25) is 5.91 Å². The van der Waals surface area contributed by atoms with Gasteiger partial charge in [0.25, 0.3) is 5.91 Å². The van der Waals surface area contributed by atoms with Gasteiger partial charge in [-0.1, -0.05) is 23.7 Å². The fraction of sp³-hybridized carbons (Fsp3) is 0.368. The van der Waals surface area contributed by atoms with Gasteiger partial charge in [0.1, 0.15) is 17.8 Å². The maximum absolute atomic E-state index is 12.6. The Labute approximate surface area is 163 Å². The second-order valence-corrected chi connectivity index (χ2v) is 6.83. The molecule has 3 rings (SSSR count). The van der Waals surface area contributed by atoms with Crippen LogP contribution in [0.15, 0.2) is 36.7 Å². The molecular weight excluding hydrogens is 366 g/mol. The maximum Gasteiger partial charge on any atom is 0.272 e. The van der Waals surface area contributed by atoms with Crippen LogP contribution >= 0.6 is 11.6 Å². The van der Waals surface area contributed by atoms with Gasteiger partial charge in [-0.3, -0.25) is 9.59 Å². The molecule has 0 bridgehead atoms. The van der Waals surface area contributed by atoms with Crippen molar-refractivity contribution in [3.8, 4) is 0 Å². The van der Waals surface area contributed by atoms with Crippen LogP contribution in [0.3, 0.4) is 0 Å². The van der Waals surface area contributed by atoms with E-state index >= 15 is 0 Å². The summed E-state index contributed by atoms with van der Waals surface area (Å²) in [7, 11) is 0. The molecule has 1 aliphatic heterocycles. The molecule has 2 heterocycles. The zero-order valence-electron chi connectivity index (χ0n) is 15.2. The van der Waals surface area contributed by atoms with Crippen LogP contribution in [0.25, 0.3) is 0 Å². The number of nitrogens with one attached hydrogen (secondary N) is 1. The summed E-state index contributed by atoms with van der Waals surface area (Å²) in [6.07, 6.45) is 2.21. The van der Waals surface area contributed by atoms with Gasteiger partial charge in [0.15, 0.2) is 0 Å². The van der Waals surface area contributed by atoms with Crippen LogP contribution in [0, 0.1) is 0 Å². The number of amides is 2. The monoisotopic (exact) mass is 387 g/mol. The van der Waals surface area contributed by atoms with Crippen LogP contribution in [0.5, 0.6) is 0 Å². The van der Waals surface area contributed by atoms with E-state index in [4.69, 9.17) is 11.6 Å². The first-order chi connectivity index (χ1) is 13.0. The highest BCUT2D eigenvalue weighted by Crippen LogP contribution is 2.12. The minimum Gasteiger partial charge on any atom is -0.370 e. The molecule has 0 saturated carbocycles. The zero-order chi connectivity index (χ0) is 19.2. The molecule has 1 aliphatic rings. The third kappa shape index (κ3) is 5.17. The van der Waals surface area contributed by atoms with E-state index in [2.05, 4.69) is 15.3 Å². The van der Waals surface area contributed by atoms with E-state index in [-0.39, 0.29) is 11.8 Å². The molecule has 0 aliphatic carbocycles. The summed E-state index contributed by atoms with van der Waals surface area (Å²) >= 11 is 5.89. The second kappa shape index (κ2) is 8.81. The highest BCUT2D eigenvalue weighted by atomic mass is 35.5. The van der Waals surface area contributed by atoms with Crippen LogP contribution in [0.2, 0.25) is 5.02 Å². The first-order valence-electron chi connectivity index (χ1n) is 8.88. The lowest BCUT2D eigenvalue weighted by Gasteiger charge is -2.34. The van der Waals surface area contributed by atoms with E-state index < -0.39 is 0 Å². The van der Waals surface area contributed by atoms with Crippen LogP contribution < -0.4 is 5.32 Å². The molecule has 1 N–H and O–H groups in total. The number of aromatic nitrogens is 2. The van der Waals surface area contributed by atoms with Crippen LogP contribution in [0.4, 0.5) is 5.82 Å². The quantitative estimate of drug-likeness (QED) is 0.849. The third-order valence-electron chi connectivity index (χ3n) is 4.53. The summed E-state index contributed by atoms with van der Waals surface area (Å²) in [5.74, 6) is 0.516. The summed E-state index contributed by atoms with van der Waals surface area (Å²) in [6.45, 7) is 4.37. The molecule has 0 unspecified atom stereocenters. The second-order valence-electron chi connectivity index (χ2n) is 6.39. The van der Waals surface area contributed by atoms with Crippen molar-refractivity contribution in [2.75, 3.05) is 38.0 Å². The molecule has 1 aromatic carbocycles. The number of rotatable bonds is 5. The molecule has 0 spiro atoms. The Balaban J connectivity index is 1.54. The summed E-state index contributed by atoms with van der Waals surface area (Å²) in [5.41, 5.74) is 1.52. The minimum atomic E-state index is -0.138. The average molecular weight is 388 g/mol. The molecule has 1 saturated heterocycles. The van der Waals surface area contributed by atoms with Gasteiger partial charge in [-0.2, -0.15) is 0 Å². The number of piperazine rings is 1. The lowest BCUT2D eigenvalue weighted by Crippen LogP contribution is -2.50. The van der Waals surface area contributed by atoms with Crippen molar-refractivity contribution in [3.63, 3.8) is 0 Å². The standard InChI is InChI=1S/C19H22ClN5O2/c1-14(26)24-8-10-25(11-9-24)19(27)17-12-18(23-13-22-17)21-7-6-15-2-4-16(20)5-3-15/h2-5,12-13H,6-11H2,1H3,(H,21,22,23). The number of carbonyl (C=O) groups is 2. The lowest BCUT2D eigenvalue weighted by molar-refractivity contribution is -0.130. The van der Waals surface area contributed by atoms with E-state index in [0.29, 0.717) is 44.2 Å². The van der Waals surface area contributed by atoms with Gasteiger partial charge in [-0.25, -0.2) is 9.97 Å². The summed E-state index contributed by atoms with van der Waals surface area (Å²) in [6, 6.07) is 9.37. The van der Waals surface area contributed by atoms with E-state index in [1.807, 2.05) is 24.3 Å². The molecule has 7 nitrogen and oxygen atoms in total. The van der Waals surface area contributed by atoms with Gasteiger partial charge < -0.3 is 15.1 Å². The first kappa shape index (κ1) is 19.1. The molecule has 1 fully saturated rings. The van der Waals surface area contributed by atoms with Gasteiger partial charge >= 0.3 is 0 Å². The molecule has 2 amide bonds. The summed E-state index contributed by atoms with van der Waals surface area (Å²) in [5, 5.41) is 3.94. The predicted molar refractivity (Wildman–Crippen MR) is 104 cm³/mol. The molecule has 0 atom stereocenters. The highest BCUT2D eigenvalue weighted by molar-refractivity contribution is 6.30. The van der Waals surface area contributed by atoms with Crippen molar-refractivity contribution in [3.05, 3.63) is 52.9 Å². The lowest BCUT2D eigenvalue weighted by atomic mass is 10.1. The third-order valence-corrected chi connectivity index (χ3v) is 4.78.